The number of rotatable bonds is 10. The topological polar surface area (TPSA) is 105 Å². The summed E-state index contributed by atoms with van der Waals surface area (Å²) < 4.78 is 5.62. The highest BCUT2D eigenvalue weighted by Gasteiger charge is 2.33. The van der Waals surface area contributed by atoms with Crippen LogP contribution in [0, 0.1) is 11.8 Å². The van der Waals surface area contributed by atoms with E-state index < -0.39 is 24.1 Å². The lowest BCUT2D eigenvalue weighted by atomic mass is 9.98. The van der Waals surface area contributed by atoms with Gasteiger partial charge in [-0.3, -0.25) is 9.59 Å². The maximum absolute atomic E-state index is 13.0. The Morgan fingerprint density at radius 1 is 0.971 bits per heavy atom. The van der Waals surface area contributed by atoms with Gasteiger partial charge in [0.25, 0.3) is 0 Å². The fourth-order valence-corrected chi connectivity index (χ4v) is 4.63. The van der Waals surface area contributed by atoms with E-state index in [0.29, 0.717) is 12.3 Å². The number of hydrogen-bond acceptors (Lipinski definition) is 4. The van der Waals surface area contributed by atoms with Crippen LogP contribution in [0.25, 0.3) is 11.1 Å². The predicted molar refractivity (Wildman–Crippen MR) is 128 cm³/mol. The standard InChI is InChI=1S/C27H32N2O5/c1-16(2)23(14-25(30)31)28-26(32)24(13-17-11-12-17)29-27(33)34-15-22-20-9-5-3-7-18(20)19-8-4-6-10-21(19)22/h3-10,16-17,22-24H,11-15H2,1-2H3,(H,28,32)(H,29,33)(H,30,31)/t23-,24?/m0/s1. The van der Waals surface area contributed by atoms with Crippen molar-refractivity contribution in [3.8, 4) is 11.1 Å². The van der Waals surface area contributed by atoms with Crippen LogP contribution in [0.3, 0.4) is 0 Å². The molecular weight excluding hydrogens is 432 g/mol. The van der Waals surface area contributed by atoms with Crippen molar-refractivity contribution in [2.24, 2.45) is 11.8 Å². The van der Waals surface area contributed by atoms with Crippen LogP contribution in [0.5, 0.6) is 0 Å². The van der Waals surface area contributed by atoms with Crippen molar-refractivity contribution in [3.63, 3.8) is 0 Å². The normalized spacial score (nSPS) is 16.3. The lowest BCUT2D eigenvalue weighted by Gasteiger charge is -2.25. The molecule has 0 aliphatic heterocycles. The minimum Gasteiger partial charge on any atom is -0.481 e. The number of benzene rings is 2. The van der Waals surface area contributed by atoms with Gasteiger partial charge >= 0.3 is 12.1 Å². The molecule has 7 nitrogen and oxygen atoms in total. The lowest BCUT2D eigenvalue weighted by molar-refractivity contribution is -0.138. The van der Waals surface area contributed by atoms with Crippen LogP contribution >= 0.6 is 0 Å². The van der Waals surface area contributed by atoms with E-state index in [-0.39, 0.29) is 30.8 Å². The Kier molecular flexibility index (Phi) is 7.20. The van der Waals surface area contributed by atoms with E-state index in [1.54, 1.807) is 0 Å². The summed E-state index contributed by atoms with van der Waals surface area (Å²) in [5, 5.41) is 14.7. The molecule has 1 fully saturated rings. The third-order valence-electron chi connectivity index (χ3n) is 6.75. The Morgan fingerprint density at radius 3 is 2.09 bits per heavy atom. The number of ether oxygens (including phenoxy) is 1. The molecule has 0 radical (unpaired) electrons. The second kappa shape index (κ2) is 10.3. The maximum Gasteiger partial charge on any atom is 0.407 e. The molecule has 180 valence electrons. The van der Waals surface area contributed by atoms with Gasteiger partial charge in [0.2, 0.25) is 5.91 Å². The zero-order valence-corrected chi connectivity index (χ0v) is 19.6. The van der Waals surface area contributed by atoms with Crippen LogP contribution in [0.1, 0.15) is 56.6 Å². The van der Waals surface area contributed by atoms with E-state index in [0.717, 1.165) is 35.1 Å². The highest BCUT2D eigenvalue weighted by molar-refractivity contribution is 5.86. The van der Waals surface area contributed by atoms with E-state index in [4.69, 9.17) is 9.84 Å². The average Bonchev–Trinajstić information content (AvgIpc) is 3.57. The van der Waals surface area contributed by atoms with Crippen molar-refractivity contribution in [1.29, 1.82) is 0 Å². The van der Waals surface area contributed by atoms with Gasteiger partial charge in [0.05, 0.1) is 6.42 Å². The van der Waals surface area contributed by atoms with E-state index >= 15 is 0 Å². The minimum absolute atomic E-state index is 0.0453. The number of alkyl carbamates (subject to hydrolysis) is 1. The van der Waals surface area contributed by atoms with Gasteiger partial charge in [-0.25, -0.2) is 4.79 Å². The number of carboxylic acid groups (broad SMARTS) is 1. The molecule has 0 saturated heterocycles. The molecule has 2 aromatic rings. The Morgan fingerprint density at radius 2 is 1.56 bits per heavy atom. The number of aliphatic carboxylic acids is 1. The molecule has 1 saturated carbocycles. The van der Waals surface area contributed by atoms with Crippen molar-refractivity contribution in [2.45, 2.75) is 57.5 Å². The molecule has 0 bridgehead atoms. The van der Waals surface area contributed by atoms with E-state index in [1.165, 1.54) is 0 Å². The summed E-state index contributed by atoms with van der Waals surface area (Å²) in [5.74, 6) is -1.05. The molecule has 2 aromatic carbocycles. The number of carbonyl (C=O) groups excluding carboxylic acids is 2. The number of nitrogens with one attached hydrogen (secondary N) is 2. The van der Waals surface area contributed by atoms with Crippen molar-refractivity contribution < 1.29 is 24.2 Å². The lowest BCUT2D eigenvalue weighted by Crippen LogP contribution is -2.51. The van der Waals surface area contributed by atoms with Crippen molar-refractivity contribution in [2.75, 3.05) is 6.61 Å². The van der Waals surface area contributed by atoms with Gasteiger partial charge in [0, 0.05) is 12.0 Å². The van der Waals surface area contributed by atoms with Crippen molar-refractivity contribution in [3.05, 3.63) is 59.7 Å². The van der Waals surface area contributed by atoms with E-state index in [9.17, 15) is 14.4 Å². The first kappa shape index (κ1) is 23.8. The zero-order chi connectivity index (χ0) is 24.2. The Hall–Kier alpha value is -3.35. The van der Waals surface area contributed by atoms with Gasteiger partial charge in [0.15, 0.2) is 0 Å². The molecule has 2 atom stereocenters. The Labute approximate surface area is 199 Å². The first-order chi connectivity index (χ1) is 16.3. The highest BCUT2D eigenvalue weighted by Crippen LogP contribution is 2.44. The van der Waals surface area contributed by atoms with Crippen LogP contribution in [-0.4, -0.2) is 41.8 Å². The second-order valence-corrected chi connectivity index (χ2v) is 9.66. The summed E-state index contributed by atoms with van der Waals surface area (Å²) in [5.41, 5.74) is 4.54. The number of carboxylic acids is 1. The summed E-state index contributed by atoms with van der Waals surface area (Å²) in [6.45, 7) is 3.90. The fourth-order valence-electron chi connectivity index (χ4n) is 4.63. The largest absolute Gasteiger partial charge is 0.481 e. The SMILES string of the molecule is CC(C)[C@H](CC(=O)O)NC(=O)C(CC1CC1)NC(=O)OCC1c2ccccc2-c2ccccc21. The molecule has 3 N–H and O–H groups in total. The van der Waals surface area contributed by atoms with Gasteiger partial charge in [-0.1, -0.05) is 75.2 Å². The number of fused-ring (bicyclic) bond motifs is 3. The molecule has 34 heavy (non-hydrogen) atoms. The zero-order valence-electron chi connectivity index (χ0n) is 19.6. The van der Waals surface area contributed by atoms with Gasteiger partial charge in [-0.05, 0) is 40.5 Å². The van der Waals surface area contributed by atoms with Crippen LogP contribution in [0.15, 0.2) is 48.5 Å². The predicted octanol–water partition coefficient (Wildman–Crippen LogP) is 4.31. The van der Waals surface area contributed by atoms with Gasteiger partial charge in [0.1, 0.15) is 12.6 Å². The maximum atomic E-state index is 13.0. The molecule has 2 aliphatic rings. The molecule has 0 heterocycles. The Balaban J connectivity index is 1.40. The van der Waals surface area contributed by atoms with Crippen molar-refractivity contribution in [1.82, 2.24) is 10.6 Å². The molecular formula is C27H32N2O5. The molecule has 0 spiro atoms. The van der Waals surface area contributed by atoms with Crippen LogP contribution in [0.2, 0.25) is 0 Å². The van der Waals surface area contributed by atoms with E-state index in [1.807, 2.05) is 38.1 Å². The summed E-state index contributed by atoms with van der Waals surface area (Å²) in [4.78, 5) is 36.9. The first-order valence-electron chi connectivity index (χ1n) is 12.0. The fraction of sp³-hybridized carbons (Fsp3) is 0.444. The van der Waals surface area contributed by atoms with Gasteiger partial charge < -0.3 is 20.5 Å². The quantitative estimate of drug-likeness (QED) is 0.486. The second-order valence-electron chi connectivity index (χ2n) is 9.66. The van der Waals surface area contributed by atoms with Crippen LogP contribution in [-0.2, 0) is 14.3 Å². The summed E-state index contributed by atoms with van der Waals surface area (Å²) in [7, 11) is 0. The van der Waals surface area contributed by atoms with Crippen molar-refractivity contribution >= 4 is 18.0 Å². The number of carbonyl (C=O) groups is 3. The molecule has 4 rings (SSSR count). The monoisotopic (exact) mass is 464 g/mol. The number of hydrogen-bond donors (Lipinski definition) is 3. The van der Waals surface area contributed by atoms with Gasteiger partial charge in [-0.15, -0.1) is 0 Å². The average molecular weight is 465 g/mol. The molecule has 1 unspecified atom stereocenters. The summed E-state index contributed by atoms with van der Waals surface area (Å²) in [6.07, 6.45) is 1.78. The highest BCUT2D eigenvalue weighted by atomic mass is 16.5. The third kappa shape index (κ3) is 5.58. The van der Waals surface area contributed by atoms with Gasteiger partial charge in [-0.2, -0.15) is 0 Å². The first-order valence-corrected chi connectivity index (χ1v) is 12.0. The minimum atomic E-state index is -0.970. The third-order valence-corrected chi connectivity index (χ3v) is 6.75. The van der Waals surface area contributed by atoms with Crippen LogP contribution in [0.4, 0.5) is 4.79 Å². The smallest absolute Gasteiger partial charge is 0.407 e. The Bertz CT molecular complexity index is 1020. The number of amides is 2. The molecule has 2 aliphatic carbocycles. The molecule has 2 amide bonds. The summed E-state index contributed by atoms with van der Waals surface area (Å²) in [6, 6.07) is 15.0. The van der Waals surface area contributed by atoms with E-state index in [2.05, 4.69) is 34.9 Å². The molecule has 0 aromatic heterocycles. The molecule has 7 heteroatoms. The summed E-state index contributed by atoms with van der Waals surface area (Å²) >= 11 is 0. The van der Waals surface area contributed by atoms with Crippen LogP contribution < -0.4 is 10.6 Å².